The van der Waals surface area contributed by atoms with Gasteiger partial charge in [-0.15, -0.1) is 0 Å². The van der Waals surface area contributed by atoms with Crippen LogP contribution in [0.25, 0.3) is 10.9 Å². The number of benzene rings is 1. The Kier molecular flexibility index (Phi) is 8.76. The summed E-state index contributed by atoms with van der Waals surface area (Å²) in [4.78, 5) is 45.7. The predicted octanol–water partition coefficient (Wildman–Crippen LogP) is 6.52. The number of hydrogen-bond acceptors (Lipinski definition) is 7. The van der Waals surface area contributed by atoms with Crippen LogP contribution in [0.1, 0.15) is 72.8 Å². The fraction of sp³-hybridized carbons (Fsp3) is 0.576. The van der Waals surface area contributed by atoms with Crippen LogP contribution in [0.3, 0.4) is 0 Å². The average Bonchev–Trinajstić information content (AvgIpc) is 3.45. The number of halogens is 4. The maximum atomic E-state index is 16.0. The fourth-order valence-electron chi connectivity index (χ4n) is 6.39. The number of nitrogens with one attached hydrogen (secondary N) is 1. The molecular formula is C33H39F4N3O6. The zero-order valence-electron chi connectivity index (χ0n) is 26.7. The van der Waals surface area contributed by atoms with Crippen molar-refractivity contribution in [1.29, 1.82) is 0 Å². The first-order valence-corrected chi connectivity index (χ1v) is 15.4. The van der Waals surface area contributed by atoms with Crippen molar-refractivity contribution in [3.8, 4) is 11.6 Å². The van der Waals surface area contributed by atoms with Crippen LogP contribution < -0.4 is 14.8 Å². The molecule has 5 atom stereocenters. The summed E-state index contributed by atoms with van der Waals surface area (Å²) in [5, 5.41) is 2.97. The van der Waals surface area contributed by atoms with Gasteiger partial charge in [0.05, 0.1) is 23.7 Å². The van der Waals surface area contributed by atoms with Gasteiger partial charge in [-0.05, 0) is 68.4 Å². The molecule has 0 spiro atoms. The average molecular weight is 650 g/mol. The molecule has 0 radical (unpaired) electrons. The highest BCUT2D eigenvalue weighted by Gasteiger charge is 2.50. The molecule has 1 aliphatic carbocycles. The normalized spacial score (nSPS) is 28.6. The third-order valence-corrected chi connectivity index (χ3v) is 9.00. The van der Waals surface area contributed by atoms with Crippen molar-refractivity contribution in [1.82, 2.24) is 15.2 Å². The van der Waals surface area contributed by atoms with Crippen LogP contribution in [0.15, 0.2) is 35.9 Å². The van der Waals surface area contributed by atoms with E-state index in [4.69, 9.17) is 9.47 Å². The number of aromatic nitrogens is 1. The van der Waals surface area contributed by atoms with Gasteiger partial charge in [0.1, 0.15) is 17.9 Å². The van der Waals surface area contributed by atoms with E-state index in [1.165, 1.54) is 36.1 Å². The number of alkyl halides is 4. The number of alkyl carbamates (subject to hydrolysis) is 1. The number of hydrogen-bond donors (Lipinski definition) is 1. The van der Waals surface area contributed by atoms with Gasteiger partial charge in [-0.2, -0.15) is 8.78 Å². The monoisotopic (exact) mass is 649 g/mol. The second-order valence-electron chi connectivity index (χ2n) is 13.7. The molecule has 1 fully saturated rings. The van der Waals surface area contributed by atoms with E-state index in [0.29, 0.717) is 12.8 Å². The minimum atomic E-state index is -3.40. The molecule has 13 heteroatoms. The lowest BCUT2D eigenvalue weighted by Crippen LogP contribution is -2.57. The van der Waals surface area contributed by atoms with Crippen molar-refractivity contribution in [2.75, 3.05) is 6.54 Å². The first-order valence-electron chi connectivity index (χ1n) is 15.4. The summed E-state index contributed by atoms with van der Waals surface area (Å²) >= 11 is 0. The summed E-state index contributed by atoms with van der Waals surface area (Å²) < 4.78 is 74.1. The molecule has 1 saturated heterocycles. The van der Waals surface area contributed by atoms with Crippen molar-refractivity contribution in [2.24, 2.45) is 11.3 Å². The molecule has 46 heavy (non-hydrogen) atoms. The number of nitrogens with zero attached hydrogens (tertiary/aromatic N) is 2. The lowest BCUT2D eigenvalue weighted by molar-refractivity contribution is -0.141. The number of fused-ring (bicyclic) bond motifs is 5. The third-order valence-electron chi connectivity index (χ3n) is 9.00. The maximum Gasteiger partial charge on any atom is 0.409 e. The summed E-state index contributed by atoms with van der Waals surface area (Å²) in [5.74, 6) is -5.58. The fourth-order valence-corrected chi connectivity index (χ4v) is 6.39. The van der Waals surface area contributed by atoms with Crippen LogP contribution in [-0.2, 0) is 20.2 Å². The molecule has 2 bridgehead atoms. The van der Waals surface area contributed by atoms with Gasteiger partial charge >= 0.3 is 12.7 Å². The van der Waals surface area contributed by atoms with Crippen molar-refractivity contribution in [2.45, 2.75) is 104 Å². The molecule has 1 aromatic heterocycles. The van der Waals surface area contributed by atoms with E-state index in [0.717, 1.165) is 5.57 Å². The number of carbonyl (C=O) groups excluding carboxylic acids is 3. The topological polar surface area (TPSA) is 107 Å². The minimum absolute atomic E-state index is 0.0898. The highest BCUT2D eigenvalue weighted by molar-refractivity contribution is 5.93. The minimum Gasteiger partial charge on any atom is -0.472 e. The molecule has 3 aliphatic rings. The number of pyridine rings is 1. The van der Waals surface area contributed by atoms with Gasteiger partial charge < -0.3 is 24.4 Å². The van der Waals surface area contributed by atoms with E-state index in [1.54, 1.807) is 40.7 Å². The Morgan fingerprint density at radius 3 is 2.54 bits per heavy atom. The molecule has 5 rings (SSSR count). The van der Waals surface area contributed by atoms with Crippen molar-refractivity contribution < 1.29 is 46.2 Å². The number of amides is 2. The van der Waals surface area contributed by atoms with Crippen molar-refractivity contribution in [3.05, 3.63) is 41.5 Å². The van der Waals surface area contributed by atoms with Crippen LogP contribution in [0.5, 0.6) is 11.6 Å². The van der Waals surface area contributed by atoms with Gasteiger partial charge in [-0.3, -0.25) is 9.59 Å². The van der Waals surface area contributed by atoms with Crippen LogP contribution in [0.4, 0.5) is 22.4 Å². The molecule has 2 aliphatic heterocycles. The van der Waals surface area contributed by atoms with Gasteiger partial charge in [0.15, 0.2) is 11.4 Å². The summed E-state index contributed by atoms with van der Waals surface area (Å²) in [6.07, 6.45) is 0.411. The molecule has 1 N–H and O–H groups in total. The molecule has 0 unspecified atom stereocenters. The third kappa shape index (κ3) is 6.78. The van der Waals surface area contributed by atoms with E-state index < -0.39 is 77.5 Å². The Labute approximate surface area is 264 Å². The second-order valence-corrected chi connectivity index (χ2v) is 13.7. The van der Waals surface area contributed by atoms with E-state index >= 15 is 8.78 Å². The van der Waals surface area contributed by atoms with E-state index in [2.05, 4.69) is 15.0 Å². The van der Waals surface area contributed by atoms with Gasteiger partial charge in [0.25, 0.3) is 5.92 Å². The molecule has 2 aromatic rings. The predicted molar refractivity (Wildman–Crippen MR) is 160 cm³/mol. The Hall–Kier alpha value is -3.90. The van der Waals surface area contributed by atoms with Crippen molar-refractivity contribution >= 4 is 28.7 Å². The van der Waals surface area contributed by atoms with Gasteiger partial charge in [0, 0.05) is 23.8 Å². The molecule has 2 amide bonds. The highest BCUT2D eigenvalue weighted by atomic mass is 19.3. The highest BCUT2D eigenvalue weighted by Crippen LogP contribution is 2.45. The summed E-state index contributed by atoms with van der Waals surface area (Å²) in [6, 6.07) is 2.98. The zero-order chi connectivity index (χ0) is 33.8. The molecule has 250 valence electrons. The van der Waals surface area contributed by atoms with Crippen LogP contribution in [-0.4, -0.2) is 64.6 Å². The first-order chi connectivity index (χ1) is 21.4. The second kappa shape index (κ2) is 12.0. The molecular weight excluding hydrogens is 610 g/mol. The zero-order valence-corrected chi connectivity index (χ0v) is 26.7. The van der Waals surface area contributed by atoms with E-state index in [1.807, 2.05) is 0 Å². The van der Waals surface area contributed by atoms with Crippen LogP contribution in [0.2, 0.25) is 0 Å². The lowest BCUT2D eigenvalue weighted by atomic mass is 9.85. The van der Waals surface area contributed by atoms with Gasteiger partial charge in [0.2, 0.25) is 11.8 Å². The summed E-state index contributed by atoms with van der Waals surface area (Å²) in [6.45, 7) is 6.74. The van der Waals surface area contributed by atoms with Gasteiger partial charge in [-0.25, -0.2) is 18.6 Å². The quantitative estimate of drug-likeness (QED) is 0.298. The number of ketones is 1. The summed E-state index contributed by atoms with van der Waals surface area (Å²) in [5.41, 5.74) is -1.38. The van der Waals surface area contributed by atoms with Crippen LogP contribution >= 0.6 is 0 Å². The summed E-state index contributed by atoms with van der Waals surface area (Å²) in [7, 11) is 0. The van der Waals surface area contributed by atoms with Crippen molar-refractivity contribution in [3.63, 3.8) is 0 Å². The van der Waals surface area contributed by atoms with Gasteiger partial charge in [-0.1, -0.05) is 27.7 Å². The molecule has 3 heterocycles. The van der Waals surface area contributed by atoms with E-state index in [9.17, 15) is 23.2 Å². The number of rotatable bonds is 3. The Morgan fingerprint density at radius 2 is 1.89 bits per heavy atom. The Balaban J connectivity index is 1.58. The van der Waals surface area contributed by atoms with E-state index in [-0.39, 0.29) is 35.4 Å². The van der Waals surface area contributed by atoms with Crippen LogP contribution in [0, 0.1) is 11.3 Å². The Morgan fingerprint density at radius 1 is 1.17 bits per heavy atom. The number of carbonyl (C=O) groups is 3. The lowest BCUT2D eigenvalue weighted by Gasteiger charge is -2.35. The standard InChI is InChI=1S/C33H39F4N3O6/c1-17-24-16-40(25(17)18(2)41)28(42)26(31(3,4)5)39-30(43)46-32(6)15-20(32)9-7-8-12-33(36,37)22-13-19-10-11-21(44-29(34)35)14-23(19)38-27(22)45-24/h10-11,13-15,17,24-26,29H,7-9,12,16H2,1-6H3,(H,39,43)/t17-,24+,25+,26-,32-/m1/s1. The first kappa shape index (κ1) is 33.5. The SMILES string of the molecule is CC(=O)[C@@H]1[C@H](C)[C@@H]2CN1C(=O)[C@H](C(C)(C)C)NC(=O)O[C@]1(C)C=C1CCCCC(F)(F)c1cc3ccc(OC(F)F)cc3nc1O2. The molecule has 0 saturated carbocycles. The number of ether oxygens (including phenoxy) is 3. The number of Topliss-reactive ketones (excluding diaryl/α,β-unsaturated/α-hetero) is 1. The molecule has 1 aromatic carbocycles. The smallest absolute Gasteiger partial charge is 0.409 e. The Bertz CT molecular complexity index is 1570. The largest absolute Gasteiger partial charge is 0.472 e. The molecule has 9 nitrogen and oxygen atoms in total. The maximum absolute atomic E-state index is 16.0.